The molecule has 0 heterocycles. The second-order valence-electron chi connectivity index (χ2n) is 5.07. The number of phenols is 1. The minimum atomic E-state index is 0.357. The molecule has 99 valence electrons. The maximum atomic E-state index is 9.98. The molecule has 3 rings (SSSR count). The first-order valence-electron chi connectivity index (χ1n) is 6.84. The number of phenolic OH excluding ortho intramolecular Hbond substituents is 1. The lowest BCUT2D eigenvalue weighted by Gasteiger charge is -2.08. The van der Waals surface area contributed by atoms with Gasteiger partial charge in [-0.25, -0.2) is 0 Å². The van der Waals surface area contributed by atoms with Crippen molar-refractivity contribution < 1.29 is 5.11 Å². The highest BCUT2D eigenvalue weighted by Crippen LogP contribution is 2.24. The predicted octanol–water partition coefficient (Wildman–Crippen LogP) is 4.51. The van der Waals surface area contributed by atoms with Crippen molar-refractivity contribution in [1.82, 2.24) is 0 Å². The maximum absolute atomic E-state index is 9.98. The normalized spacial score (nSPS) is 10.8. The van der Waals surface area contributed by atoms with Gasteiger partial charge in [0, 0.05) is 6.42 Å². The second kappa shape index (κ2) is 5.38. The van der Waals surface area contributed by atoms with E-state index in [1.165, 1.54) is 16.3 Å². The molecule has 0 atom stereocenters. The third-order valence-corrected chi connectivity index (χ3v) is 3.64. The van der Waals surface area contributed by atoms with Crippen LogP contribution < -0.4 is 0 Å². The van der Waals surface area contributed by atoms with Gasteiger partial charge in [-0.3, -0.25) is 0 Å². The zero-order valence-corrected chi connectivity index (χ0v) is 11.3. The molecule has 0 fully saturated rings. The van der Waals surface area contributed by atoms with Crippen LogP contribution in [0.5, 0.6) is 5.75 Å². The summed E-state index contributed by atoms with van der Waals surface area (Å²) in [6, 6.07) is 20.5. The van der Waals surface area contributed by atoms with E-state index in [0.29, 0.717) is 5.75 Å². The van der Waals surface area contributed by atoms with Gasteiger partial charge in [-0.15, -0.1) is 0 Å². The van der Waals surface area contributed by atoms with Gasteiger partial charge in [-0.05, 0) is 46.9 Å². The summed E-state index contributed by atoms with van der Waals surface area (Å²) in [6.07, 6.45) is 1.48. The van der Waals surface area contributed by atoms with Crippen LogP contribution in [-0.4, -0.2) is 5.11 Å². The summed E-state index contributed by atoms with van der Waals surface area (Å²) in [6.45, 7) is 3.89. The van der Waals surface area contributed by atoms with Gasteiger partial charge in [0.2, 0.25) is 0 Å². The van der Waals surface area contributed by atoms with Crippen LogP contribution in [0.1, 0.15) is 16.7 Å². The minimum Gasteiger partial charge on any atom is -0.508 e. The molecule has 3 aromatic carbocycles. The number of benzene rings is 3. The van der Waals surface area contributed by atoms with Crippen molar-refractivity contribution in [3.63, 3.8) is 0 Å². The second-order valence-corrected chi connectivity index (χ2v) is 5.07. The lowest BCUT2D eigenvalue weighted by atomic mass is 9.99. The van der Waals surface area contributed by atoms with Gasteiger partial charge < -0.3 is 5.11 Å². The van der Waals surface area contributed by atoms with Gasteiger partial charge >= 0.3 is 0 Å². The average molecular weight is 261 g/mol. The van der Waals surface area contributed by atoms with Crippen molar-refractivity contribution in [2.75, 3.05) is 0 Å². The number of rotatable bonds is 3. The molecule has 1 N–H and O–H groups in total. The van der Waals surface area contributed by atoms with Crippen LogP contribution in [0.2, 0.25) is 0 Å². The molecular formula is C19H17O. The third kappa shape index (κ3) is 2.53. The molecule has 0 saturated carbocycles. The Morgan fingerprint density at radius 2 is 1.55 bits per heavy atom. The summed E-state index contributed by atoms with van der Waals surface area (Å²) in [5.41, 5.74) is 3.32. The molecule has 1 nitrogen and oxygen atoms in total. The Hall–Kier alpha value is -2.28. The van der Waals surface area contributed by atoms with Gasteiger partial charge in [-0.1, -0.05) is 54.6 Å². The molecule has 3 aromatic rings. The molecule has 0 aliphatic carbocycles. The SMILES string of the molecule is [CH2]Cc1ccc(O)c(Cc2ccc3ccccc3c2)c1. The smallest absolute Gasteiger partial charge is 0.119 e. The largest absolute Gasteiger partial charge is 0.508 e. The summed E-state index contributed by atoms with van der Waals surface area (Å²) in [5, 5.41) is 12.5. The fourth-order valence-corrected chi connectivity index (χ4v) is 2.50. The molecule has 0 bridgehead atoms. The minimum absolute atomic E-state index is 0.357. The molecule has 0 aliphatic heterocycles. The number of fused-ring (bicyclic) bond motifs is 1. The van der Waals surface area contributed by atoms with Crippen LogP contribution in [-0.2, 0) is 12.8 Å². The Kier molecular flexibility index (Phi) is 3.42. The molecule has 1 radical (unpaired) electrons. The highest BCUT2D eigenvalue weighted by Gasteiger charge is 2.04. The standard InChI is InChI=1S/C19H17O/c1-2-14-8-10-19(20)18(11-14)13-15-7-9-16-5-3-4-6-17(16)12-15/h3-12,20H,1-2,13H2. The Morgan fingerprint density at radius 1 is 0.800 bits per heavy atom. The first kappa shape index (κ1) is 12.7. The lowest BCUT2D eigenvalue weighted by molar-refractivity contribution is 0.469. The van der Waals surface area contributed by atoms with Crippen LogP contribution in [0.3, 0.4) is 0 Å². The molecule has 0 saturated heterocycles. The van der Waals surface area contributed by atoms with E-state index >= 15 is 0 Å². The van der Waals surface area contributed by atoms with Crippen LogP contribution in [0, 0.1) is 6.92 Å². The first-order valence-corrected chi connectivity index (χ1v) is 6.84. The third-order valence-electron chi connectivity index (χ3n) is 3.64. The number of aromatic hydroxyl groups is 1. The van der Waals surface area contributed by atoms with E-state index in [9.17, 15) is 5.11 Å². The van der Waals surface area contributed by atoms with Crippen LogP contribution in [0.15, 0.2) is 60.7 Å². The molecule has 0 spiro atoms. The van der Waals surface area contributed by atoms with Crippen molar-refractivity contribution in [3.8, 4) is 5.75 Å². The molecule has 20 heavy (non-hydrogen) atoms. The summed E-state index contributed by atoms with van der Waals surface area (Å²) < 4.78 is 0. The number of hydrogen-bond acceptors (Lipinski definition) is 1. The van der Waals surface area contributed by atoms with Crippen LogP contribution >= 0.6 is 0 Å². The zero-order valence-electron chi connectivity index (χ0n) is 11.3. The zero-order chi connectivity index (χ0) is 13.9. The van der Waals surface area contributed by atoms with Gasteiger partial charge in [0.15, 0.2) is 0 Å². The summed E-state index contributed by atoms with van der Waals surface area (Å²) in [5.74, 6) is 0.357. The van der Waals surface area contributed by atoms with Gasteiger partial charge in [0.25, 0.3) is 0 Å². The fraction of sp³-hybridized carbons (Fsp3) is 0.105. The maximum Gasteiger partial charge on any atom is 0.119 e. The summed E-state index contributed by atoms with van der Waals surface area (Å²) >= 11 is 0. The Labute approximate surface area is 119 Å². The Balaban J connectivity index is 1.96. The van der Waals surface area contributed by atoms with E-state index in [1.807, 2.05) is 24.3 Å². The number of hydrogen-bond donors (Lipinski definition) is 1. The highest BCUT2D eigenvalue weighted by molar-refractivity contribution is 5.83. The molecule has 0 aliphatic rings. The topological polar surface area (TPSA) is 20.2 Å². The Morgan fingerprint density at radius 3 is 2.35 bits per heavy atom. The highest BCUT2D eigenvalue weighted by atomic mass is 16.3. The van der Waals surface area contributed by atoms with E-state index < -0.39 is 0 Å². The first-order chi connectivity index (χ1) is 9.76. The summed E-state index contributed by atoms with van der Waals surface area (Å²) in [7, 11) is 0. The van der Waals surface area contributed by atoms with Crippen molar-refractivity contribution >= 4 is 10.8 Å². The van der Waals surface area contributed by atoms with E-state index in [0.717, 1.165) is 24.0 Å². The molecule has 0 amide bonds. The lowest BCUT2D eigenvalue weighted by Crippen LogP contribution is -1.91. The van der Waals surface area contributed by atoms with Gasteiger partial charge in [-0.2, -0.15) is 0 Å². The monoisotopic (exact) mass is 261 g/mol. The van der Waals surface area contributed by atoms with Crippen molar-refractivity contribution in [1.29, 1.82) is 0 Å². The van der Waals surface area contributed by atoms with Crippen LogP contribution in [0.25, 0.3) is 10.8 Å². The molecule has 0 aromatic heterocycles. The van der Waals surface area contributed by atoms with Crippen molar-refractivity contribution in [3.05, 3.63) is 84.3 Å². The molecule has 1 heteroatoms. The van der Waals surface area contributed by atoms with E-state index in [2.05, 4.69) is 37.3 Å². The quantitative estimate of drug-likeness (QED) is 0.735. The van der Waals surface area contributed by atoms with Crippen molar-refractivity contribution in [2.45, 2.75) is 12.8 Å². The van der Waals surface area contributed by atoms with E-state index in [1.54, 1.807) is 6.07 Å². The molecular weight excluding hydrogens is 244 g/mol. The van der Waals surface area contributed by atoms with E-state index in [-0.39, 0.29) is 0 Å². The van der Waals surface area contributed by atoms with Crippen LogP contribution in [0.4, 0.5) is 0 Å². The Bertz CT molecular complexity index is 744. The van der Waals surface area contributed by atoms with E-state index in [4.69, 9.17) is 0 Å². The predicted molar refractivity (Wildman–Crippen MR) is 83.9 cm³/mol. The van der Waals surface area contributed by atoms with Crippen molar-refractivity contribution in [2.24, 2.45) is 0 Å². The average Bonchev–Trinajstić information content (AvgIpc) is 2.49. The van der Waals surface area contributed by atoms with Gasteiger partial charge in [0.1, 0.15) is 5.75 Å². The summed E-state index contributed by atoms with van der Waals surface area (Å²) in [4.78, 5) is 0. The molecule has 0 unspecified atom stereocenters. The van der Waals surface area contributed by atoms with Gasteiger partial charge in [0.05, 0.1) is 0 Å². The fourth-order valence-electron chi connectivity index (χ4n) is 2.50.